The molecule has 168 valence electrons. The van der Waals surface area contributed by atoms with E-state index in [9.17, 15) is 13.2 Å². The van der Waals surface area contributed by atoms with Gasteiger partial charge < -0.3 is 16.0 Å². The van der Waals surface area contributed by atoms with Crippen molar-refractivity contribution in [1.82, 2.24) is 24.5 Å². The van der Waals surface area contributed by atoms with Crippen LogP contribution in [0.25, 0.3) is 11.3 Å². The highest BCUT2D eigenvalue weighted by Gasteiger charge is 2.27. The van der Waals surface area contributed by atoms with Crippen molar-refractivity contribution in [3.05, 3.63) is 36.2 Å². The van der Waals surface area contributed by atoms with Crippen molar-refractivity contribution < 1.29 is 13.2 Å². The minimum absolute atomic E-state index is 0. The molecule has 0 aliphatic carbocycles. The number of sulfonamides is 1. The Labute approximate surface area is 193 Å². The smallest absolute Gasteiger partial charge is 0.274 e. The molecule has 1 fully saturated rings. The summed E-state index contributed by atoms with van der Waals surface area (Å²) in [6.45, 7) is 2.10. The van der Waals surface area contributed by atoms with Gasteiger partial charge in [0.25, 0.3) is 5.91 Å². The number of halogens is 2. The fourth-order valence-corrected chi connectivity index (χ4v) is 4.31. The molecular weight excluding hydrogens is 465 g/mol. The summed E-state index contributed by atoms with van der Waals surface area (Å²) in [5, 5.41) is 10.9. The molecule has 1 aliphatic heterocycles. The van der Waals surface area contributed by atoms with Gasteiger partial charge in [-0.2, -0.15) is 9.57 Å². The second-order valence-corrected chi connectivity index (χ2v) is 8.50. The SMILES string of the molecule is CN1CCN(S(=O)(=O)c2ccc(-c3cnc(N)c(C(=O)NCC#N)n3)cc2)CC1.Cl.Cl. The average Bonchev–Trinajstić information content (AvgIpc) is 2.73. The molecule has 2 heterocycles. The summed E-state index contributed by atoms with van der Waals surface area (Å²) < 4.78 is 27.1. The third-order valence-electron chi connectivity index (χ3n) is 4.59. The summed E-state index contributed by atoms with van der Waals surface area (Å²) in [5.41, 5.74) is 6.57. The number of hydrogen-bond donors (Lipinski definition) is 2. The number of nitrogen functional groups attached to an aromatic ring is 1. The summed E-state index contributed by atoms with van der Waals surface area (Å²) in [5.74, 6) is -0.661. The Morgan fingerprint density at radius 1 is 1.19 bits per heavy atom. The van der Waals surface area contributed by atoms with Crippen LogP contribution in [0, 0.1) is 11.3 Å². The normalized spacial score (nSPS) is 14.6. The minimum Gasteiger partial charge on any atom is -0.382 e. The molecule has 0 unspecified atom stereocenters. The lowest BCUT2D eigenvalue weighted by atomic mass is 10.1. The largest absolute Gasteiger partial charge is 0.382 e. The Kier molecular flexibility index (Phi) is 9.61. The van der Waals surface area contributed by atoms with Crippen molar-refractivity contribution in [2.75, 3.05) is 45.5 Å². The van der Waals surface area contributed by atoms with E-state index in [0.717, 1.165) is 0 Å². The molecule has 1 aromatic carbocycles. The molecule has 0 atom stereocenters. The number of anilines is 1. The van der Waals surface area contributed by atoms with E-state index in [2.05, 4.69) is 20.2 Å². The molecule has 1 aliphatic rings. The molecule has 3 rings (SSSR count). The van der Waals surface area contributed by atoms with Gasteiger partial charge in [0.05, 0.1) is 22.9 Å². The van der Waals surface area contributed by atoms with Crippen molar-refractivity contribution in [1.29, 1.82) is 5.26 Å². The lowest BCUT2D eigenvalue weighted by Gasteiger charge is -2.31. The number of nitrogens with one attached hydrogen (secondary N) is 1. The average molecular weight is 488 g/mol. The zero-order valence-electron chi connectivity index (χ0n) is 16.7. The van der Waals surface area contributed by atoms with Crippen LogP contribution in [0.4, 0.5) is 5.82 Å². The molecule has 1 aromatic heterocycles. The lowest BCUT2D eigenvalue weighted by Crippen LogP contribution is -2.46. The van der Waals surface area contributed by atoms with E-state index in [1.165, 1.54) is 22.6 Å². The van der Waals surface area contributed by atoms with Gasteiger partial charge in [0, 0.05) is 31.7 Å². The topological polar surface area (TPSA) is 145 Å². The Morgan fingerprint density at radius 3 is 2.39 bits per heavy atom. The molecule has 31 heavy (non-hydrogen) atoms. The van der Waals surface area contributed by atoms with Crippen LogP contribution in [0.15, 0.2) is 35.4 Å². The van der Waals surface area contributed by atoms with Crippen LogP contribution in [0.1, 0.15) is 10.5 Å². The zero-order valence-corrected chi connectivity index (χ0v) is 19.1. The summed E-state index contributed by atoms with van der Waals surface area (Å²) in [6.07, 6.45) is 1.40. The fraction of sp³-hybridized carbons (Fsp3) is 0.333. The molecule has 0 spiro atoms. The molecule has 13 heteroatoms. The van der Waals surface area contributed by atoms with E-state index in [4.69, 9.17) is 11.0 Å². The van der Waals surface area contributed by atoms with Crippen molar-refractivity contribution in [2.45, 2.75) is 4.90 Å². The summed E-state index contributed by atoms with van der Waals surface area (Å²) >= 11 is 0. The number of amides is 1. The lowest BCUT2D eigenvalue weighted by molar-refractivity contribution is 0.0954. The Hall–Kier alpha value is -2.49. The number of carbonyl (C=O) groups is 1. The molecule has 0 saturated carbocycles. The number of hydrogen-bond acceptors (Lipinski definition) is 8. The standard InChI is InChI=1S/C18H21N7O3S.2ClH/c1-24-8-10-25(11-9-24)29(27,28)14-4-2-13(3-5-14)15-12-22-17(20)16(23-15)18(26)21-7-6-19;;/h2-5,12H,7-11H2,1H3,(H2,20,22)(H,21,26);2*1H. The maximum absolute atomic E-state index is 12.8. The van der Waals surface area contributed by atoms with Gasteiger partial charge >= 0.3 is 0 Å². The fourth-order valence-electron chi connectivity index (χ4n) is 2.88. The van der Waals surface area contributed by atoms with E-state index in [0.29, 0.717) is 37.4 Å². The van der Waals surface area contributed by atoms with Crippen LogP contribution in [0.5, 0.6) is 0 Å². The van der Waals surface area contributed by atoms with Crippen molar-refractivity contribution >= 4 is 46.6 Å². The summed E-state index contributed by atoms with van der Waals surface area (Å²) in [4.78, 5) is 22.5. The summed E-state index contributed by atoms with van der Waals surface area (Å²) in [7, 11) is -1.61. The third-order valence-corrected chi connectivity index (χ3v) is 6.51. The van der Waals surface area contributed by atoms with Crippen LogP contribution in [0.3, 0.4) is 0 Å². The van der Waals surface area contributed by atoms with Gasteiger partial charge in [-0.25, -0.2) is 18.4 Å². The van der Waals surface area contributed by atoms with E-state index >= 15 is 0 Å². The van der Waals surface area contributed by atoms with Gasteiger partial charge in [0.2, 0.25) is 10.0 Å². The highest BCUT2D eigenvalue weighted by atomic mass is 35.5. The Bertz CT molecular complexity index is 1050. The van der Waals surface area contributed by atoms with Crippen LogP contribution in [0.2, 0.25) is 0 Å². The first kappa shape index (κ1) is 26.5. The first-order chi connectivity index (χ1) is 13.8. The van der Waals surface area contributed by atoms with Crippen molar-refractivity contribution in [2.24, 2.45) is 0 Å². The van der Waals surface area contributed by atoms with Crippen LogP contribution < -0.4 is 11.1 Å². The molecule has 3 N–H and O–H groups in total. The number of rotatable bonds is 5. The molecule has 10 nitrogen and oxygen atoms in total. The van der Waals surface area contributed by atoms with Crippen molar-refractivity contribution in [3.8, 4) is 17.3 Å². The van der Waals surface area contributed by atoms with Crippen molar-refractivity contribution in [3.63, 3.8) is 0 Å². The predicted molar refractivity (Wildman–Crippen MR) is 121 cm³/mol. The van der Waals surface area contributed by atoms with E-state index in [-0.39, 0.29) is 47.8 Å². The van der Waals surface area contributed by atoms with Gasteiger partial charge in [0.15, 0.2) is 11.5 Å². The molecular formula is C18H23Cl2N7O3S. The van der Waals surface area contributed by atoms with Crippen LogP contribution >= 0.6 is 24.8 Å². The zero-order chi connectivity index (χ0) is 21.0. The molecule has 0 bridgehead atoms. The second kappa shape index (κ2) is 11.2. The highest BCUT2D eigenvalue weighted by Crippen LogP contribution is 2.23. The first-order valence-electron chi connectivity index (χ1n) is 8.89. The van der Waals surface area contributed by atoms with Gasteiger partial charge in [-0.1, -0.05) is 12.1 Å². The second-order valence-electron chi connectivity index (χ2n) is 6.56. The predicted octanol–water partition coefficient (Wildman–Crippen LogP) is 0.759. The van der Waals surface area contributed by atoms with Gasteiger partial charge in [0.1, 0.15) is 6.54 Å². The van der Waals surface area contributed by atoms with E-state index in [1.54, 1.807) is 18.2 Å². The highest BCUT2D eigenvalue weighted by molar-refractivity contribution is 7.89. The number of carbonyl (C=O) groups excluding carboxylic acids is 1. The monoisotopic (exact) mass is 487 g/mol. The number of nitrogens with zero attached hydrogens (tertiary/aromatic N) is 5. The Morgan fingerprint density at radius 2 is 1.81 bits per heavy atom. The van der Waals surface area contributed by atoms with Crippen LogP contribution in [-0.2, 0) is 10.0 Å². The summed E-state index contributed by atoms with van der Waals surface area (Å²) in [6, 6.07) is 8.04. The van der Waals surface area contributed by atoms with Gasteiger partial charge in [-0.15, -0.1) is 24.8 Å². The van der Waals surface area contributed by atoms with Gasteiger partial charge in [-0.3, -0.25) is 4.79 Å². The maximum Gasteiger partial charge on any atom is 0.274 e. The van der Waals surface area contributed by atoms with E-state index < -0.39 is 15.9 Å². The number of nitrogens with two attached hydrogens (primary N) is 1. The number of nitriles is 1. The number of likely N-dealkylation sites (N-methyl/N-ethyl adjacent to an activating group) is 1. The Balaban J connectivity index is 0.00000240. The number of piperazine rings is 1. The molecule has 1 saturated heterocycles. The third kappa shape index (κ3) is 6.03. The number of benzene rings is 1. The number of aromatic nitrogens is 2. The van der Waals surface area contributed by atoms with Gasteiger partial charge in [-0.05, 0) is 19.2 Å². The quantitative estimate of drug-likeness (QED) is 0.587. The first-order valence-corrected chi connectivity index (χ1v) is 10.3. The minimum atomic E-state index is -3.57. The van der Waals surface area contributed by atoms with Crippen LogP contribution in [-0.4, -0.2) is 73.3 Å². The van der Waals surface area contributed by atoms with E-state index in [1.807, 2.05) is 7.05 Å². The molecule has 1 amide bonds. The maximum atomic E-state index is 12.8. The molecule has 0 radical (unpaired) electrons. The molecule has 2 aromatic rings.